The SMILES string of the molecule is N=[N+]=NC1CN(C(=O)[O-])CC1F. The Morgan fingerprint density at radius 1 is 1.75 bits per heavy atom. The lowest BCUT2D eigenvalue weighted by Gasteiger charge is -2.16. The number of alkyl halides is 1. The summed E-state index contributed by atoms with van der Waals surface area (Å²) in [5.41, 5.74) is 6.34. The third-order valence-corrected chi connectivity index (χ3v) is 1.68. The van der Waals surface area contributed by atoms with E-state index in [-0.39, 0.29) is 13.1 Å². The first-order valence-electron chi connectivity index (χ1n) is 3.31. The third-order valence-electron chi connectivity index (χ3n) is 1.68. The van der Waals surface area contributed by atoms with Gasteiger partial charge in [-0.25, -0.2) is 4.39 Å². The van der Waals surface area contributed by atoms with Gasteiger partial charge in [-0.1, -0.05) is 0 Å². The van der Waals surface area contributed by atoms with E-state index in [1.165, 1.54) is 0 Å². The molecule has 0 aromatic heterocycles. The molecule has 2 unspecified atom stereocenters. The number of halogens is 1. The fourth-order valence-corrected chi connectivity index (χ4v) is 1.08. The fourth-order valence-electron chi connectivity index (χ4n) is 1.08. The minimum Gasteiger partial charge on any atom is -0.530 e. The Bertz CT molecular complexity index is 240. The van der Waals surface area contributed by atoms with Crippen LogP contribution in [0, 0.1) is 5.53 Å². The normalized spacial score (nSPS) is 28.2. The molecule has 0 aromatic rings. The minimum absolute atomic E-state index is 0.0775. The molecule has 0 spiro atoms. The van der Waals surface area contributed by atoms with Crippen molar-refractivity contribution in [3.63, 3.8) is 0 Å². The molecule has 1 saturated heterocycles. The van der Waals surface area contributed by atoms with Gasteiger partial charge in [0.05, 0.1) is 13.1 Å². The standard InChI is InChI=1S/C5H7FN4O2/c6-3-1-10(5(11)12)2-4(3)8-9-7/h3-4,7H,1-2H2. The number of amides is 1. The van der Waals surface area contributed by atoms with Crippen LogP contribution in [0.5, 0.6) is 0 Å². The van der Waals surface area contributed by atoms with Gasteiger partial charge < -0.3 is 14.8 Å². The van der Waals surface area contributed by atoms with E-state index in [0.29, 0.717) is 0 Å². The zero-order valence-corrected chi connectivity index (χ0v) is 6.11. The molecule has 7 heteroatoms. The van der Waals surface area contributed by atoms with Crippen molar-refractivity contribution >= 4 is 6.09 Å². The summed E-state index contributed by atoms with van der Waals surface area (Å²) in [6.45, 7) is -0.322. The highest BCUT2D eigenvalue weighted by molar-refractivity contribution is 5.63. The smallest absolute Gasteiger partial charge is 0.214 e. The summed E-state index contributed by atoms with van der Waals surface area (Å²) in [7, 11) is 0. The predicted molar refractivity (Wildman–Crippen MR) is 32.9 cm³/mol. The molecule has 1 aliphatic heterocycles. The topological polar surface area (TPSA) is 93.7 Å². The molecule has 1 fully saturated rings. The summed E-state index contributed by atoms with van der Waals surface area (Å²) in [5.74, 6) is 0. The molecule has 0 aliphatic carbocycles. The van der Waals surface area contributed by atoms with Gasteiger partial charge in [0.1, 0.15) is 22.9 Å². The minimum atomic E-state index is -1.42. The van der Waals surface area contributed by atoms with Gasteiger partial charge in [-0.3, -0.25) is 0 Å². The predicted octanol–water partition coefficient (Wildman–Crippen LogP) is -1.10. The zero-order valence-electron chi connectivity index (χ0n) is 6.11. The van der Waals surface area contributed by atoms with E-state index in [2.05, 4.69) is 10.0 Å². The molecule has 6 nitrogen and oxygen atoms in total. The first-order valence-corrected chi connectivity index (χ1v) is 3.31. The van der Waals surface area contributed by atoms with Crippen molar-refractivity contribution in [2.45, 2.75) is 12.2 Å². The van der Waals surface area contributed by atoms with Crippen LogP contribution in [0.25, 0.3) is 0 Å². The molecule has 12 heavy (non-hydrogen) atoms. The second-order valence-electron chi connectivity index (χ2n) is 2.47. The zero-order chi connectivity index (χ0) is 9.14. The Kier molecular flexibility index (Phi) is 2.35. The Labute approximate surface area is 67.2 Å². The van der Waals surface area contributed by atoms with Crippen LogP contribution in [0.4, 0.5) is 9.18 Å². The van der Waals surface area contributed by atoms with Crippen LogP contribution in [0.3, 0.4) is 0 Å². The van der Waals surface area contributed by atoms with E-state index < -0.39 is 18.3 Å². The Morgan fingerprint density at radius 3 is 2.83 bits per heavy atom. The highest BCUT2D eigenvalue weighted by atomic mass is 19.1. The molecule has 2 atom stereocenters. The molecule has 1 heterocycles. The van der Waals surface area contributed by atoms with E-state index in [1.807, 2.05) is 0 Å². The van der Waals surface area contributed by atoms with Gasteiger partial charge in [0, 0.05) is 0 Å². The second-order valence-corrected chi connectivity index (χ2v) is 2.47. The molecule has 1 rings (SSSR count). The van der Waals surface area contributed by atoms with Crippen LogP contribution in [0.1, 0.15) is 0 Å². The van der Waals surface area contributed by atoms with E-state index in [0.717, 1.165) is 4.90 Å². The lowest BCUT2D eigenvalue weighted by atomic mass is 10.2. The lowest BCUT2D eigenvalue weighted by molar-refractivity contribution is -0.264. The number of nitrogens with zero attached hydrogens (tertiary/aromatic N) is 3. The monoisotopic (exact) mass is 174 g/mol. The van der Waals surface area contributed by atoms with Gasteiger partial charge >= 0.3 is 0 Å². The average molecular weight is 174 g/mol. The number of likely N-dealkylation sites (tertiary alicyclic amines) is 1. The number of carbonyl (C=O) groups is 1. The first-order chi connectivity index (χ1) is 5.65. The Hall–Kier alpha value is -1.49. The lowest BCUT2D eigenvalue weighted by Crippen LogP contribution is -2.40. The van der Waals surface area contributed by atoms with Crippen LogP contribution in [0.15, 0.2) is 5.11 Å². The highest BCUT2D eigenvalue weighted by Gasteiger charge is 2.36. The van der Waals surface area contributed by atoms with Crippen LogP contribution in [0.2, 0.25) is 0 Å². The molecule has 1 amide bonds. The van der Waals surface area contributed by atoms with Crippen molar-refractivity contribution in [2.24, 2.45) is 5.11 Å². The van der Waals surface area contributed by atoms with E-state index >= 15 is 0 Å². The summed E-state index contributed by atoms with van der Waals surface area (Å²) >= 11 is 0. The van der Waals surface area contributed by atoms with Crippen molar-refractivity contribution in [2.75, 3.05) is 13.1 Å². The molecular formula is C5H7FN4O2. The molecule has 0 aromatic carbocycles. The van der Waals surface area contributed by atoms with Gasteiger partial charge in [0.2, 0.25) is 4.91 Å². The first kappa shape index (κ1) is 8.61. The number of carboxylic acid groups (broad SMARTS) is 1. The second kappa shape index (κ2) is 3.27. The Morgan fingerprint density at radius 2 is 2.42 bits per heavy atom. The Balaban J connectivity index is 2.61. The van der Waals surface area contributed by atoms with Crippen LogP contribution in [-0.4, -0.2) is 36.3 Å². The molecule has 0 saturated carbocycles. The van der Waals surface area contributed by atoms with Crippen molar-refractivity contribution in [3.8, 4) is 0 Å². The molecule has 1 N–H and O–H groups in total. The van der Waals surface area contributed by atoms with Gasteiger partial charge in [-0.15, -0.1) is 0 Å². The summed E-state index contributed by atoms with van der Waals surface area (Å²) in [5, 5.41) is 13.4. The van der Waals surface area contributed by atoms with Gasteiger partial charge in [-0.05, 0) is 0 Å². The summed E-state index contributed by atoms with van der Waals surface area (Å²) < 4.78 is 12.8. The number of rotatable bonds is 1. The molecule has 0 radical (unpaired) electrons. The van der Waals surface area contributed by atoms with Crippen LogP contribution < -0.4 is 10.0 Å². The number of hydrogen-bond donors (Lipinski definition) is 1. The van der Waals surface area contributed by atoms with Crippen molar-refractivity contribution in [1.82, 2.24) is 9.81 Å². The summed E-state index contributed by atoms with van der Waals surface area (Å²) in [6, 6.07) is -0.847. The number of nitrogens with one attached hydrogen (secondary N) is 1. The largest absolute Gasteiger partial charge is 0.530 e. The van der Waals surface area contributed by atoms with Crippen molar-refractivity contribution < 1.29 is 14.3 Å². The van der Waals surface area contributed by atoms with Gasteiger partial charge in [0.15, 0.2) is 6.04 Å². The van der Waals surface area contributed by atoms with Gasteiger partial charge in [0.25, 0.3) is 0 Å². The maximum absolute atomic E-state index is 12.8. The quantitative estimate of drug-likeness (QED) is 0.403. The molecule has 1 aliphatic rings. The maximum atomic E-state index is 12.8. The third kappa shape index (κ3) is 1.57. The summed E-state index contributed by atoms with van der Waals surface area (Å²) in [4.78, 5) is 13.7. The van der Waals surface area contributed by atoms with Gasteiger partial charge in [-0.2, -0.15) is 0 Å². The molecular weight excluding hydrogens is 167 g/mol. The van der Waals surface area contributed by atoms with Crippen LogP contribution in [-0.2, 0) is 0 Å². The number of carbonyl (C=O) groups excluding carboxylic acids is 1. The molecule has 66 valence electrons. The highest BCUT2D eigenvalue weighted by Crippen LogP contribution is 2.15. The van der Waals surface area contributed by atoms with E-state index in [9.17, 15) is 14.3 Å². The fraction of sp³-hybridized carbons (Fsp3) is 0.800. The summed E-state index contributed by atoms with van der Waals surface area (Å²) in [6.07, 6.45) is -2.79. The maximum Gasteiger partial charge on any atom is 0.214 e. The van der Waals surface area contributed by atoms with Crippen molar-refractivity contribution in [3.05, 3.63) is 0 Å². The van der Waals surface area contributed by atoms with E-state index in [1.54, 1.807) is 0 Å². The van der Waals surface area contributed by atoms with Crippen molar-refractivity contribution in [1.29, 1.82) is 5.53 Å². The van der Waals surface area contributed by atoms with E-state index in [4.69, 9.17) is 5.53 Å². The number of hydrogen-bond acceptors (Lipinski definition) is 4. The molecule has 0 bridgehead atoms. The average Bonchev–Trinajstić information content (AvgIpc) is 2.34. The van der Waals surface area contributed by atoms with Crippen LogP contribution >= 0.6 is 0 Å².